The summed E-state index contributed by atoms with van der Waals surface area (Å²) in [6, 6.07) is 0. The Morgan fingerprint density at radius 3 is 2.75 bits per heavy atom. The van der Waals surface area contributed by atoms with Gasteiger partial charge >= 0.3 is 6.18 Å². The molecular weight excluding hydrogens is 273 g/mol. The van der Waals surface area contributed by atoms with E-state index in [-0.39, 0.29) is 17.6 Å². The van der Waals surface area contributed by atoms with Gasteiger partial charge in [-0.15, -0.1) is 0 Å². The maximum Gasteiger partial charge on any atom is 0.421 e. The molecule has 0 spiro atoms. The number of alkyl halides is 3. The van der Waals surface area contributed by atoms with Crippen LogP contribution in [0.5, 0.6) is 0 Å². The van der Waals surface area contributed by atoms with Crippen LogP contribution >= 0.6 is 0 Å². The van der Waals surface area contributed by atoms with E-state index in [4.69, 9.17) is 5.73 Å². The van der Waals surface area contributed by atoms with E-state index in [9.17, 15) is 13.2 Å². The van der Waals surface area contributed by atoms with Crippen LogP contribution in [0.1, 0.15) is 12.5 Å². The van der Waals surface area contributed by atoms with Gasteiger partial charge in [0.1, 0.15) is 17.2 Å². The quantitative estimate of drug-likeness (QED) is 0.566. The number of aliphatic imine (C=N–C) groups is 1. The molecule has 0 aliphatic carbocycles. The van der Waals surface area contributed by atoms with Gasteiger partial charge in [0.2, 0.25) is 0 Å². The fourth-order valence-corrected chi connectivity index (χ4v) is 1.24. The van der Waals surface area contributed by atoms with Crippen LogP contribution in [-0.2, 0) is 6.18 Å². The summed E-state index contributed by atoms with van der Waals surface area (Å²) in [5, 5.41) is 5.23. The molecule has 0 unspecified atom stereocenters. The van der Waals surface area contributed by atoms with Crippen molar-refractivity contribution in [2.24, 2.45) is 10.7 Å². The van der Waals surface area contributed by atoms with E-state index in [1.54, 1.807) is 6.20 Å². The van der Waals surface area contributed by atoms with Gasteiger partial charge < -0.3 is 16.4 Å². The van der Waals surface area contributed by atoms with Gasteiger partial charge in [-0.1, -0.05) is 0 Å². The third-order valence-corrected chi connectivity index (χ3v) is 2.12. The van der Waals surface area contributed by atoms with Crippen molar-refractivity contribution in [3.8, 4) is 0 Å². The number of nitrogens with two attached hydrogens (primary N) is 1. The van der Waals surface area contributed by atoms with E-state index in [0.29, 0.717) is 12.7 Å². The number of aromatic nitrogens is 2. The van der Waals surface area contributed by atoms with Crippen molar-refractivity contribution in [1.29, 1.82) is 0 Å². The van der Waals surface area contributed by atoms with Gasteiger partial charge in [-0.05, 0) is 13.0 Å². The van der Waals surface area contributed by atoms with Crippen molar-refractivity contribution in [1.82, 2.24) is 15.3 Å². The third-order valence-electron chi connectivity index (χ3n) is 2.12. The number of nitrogens with one attached hydrogen (secondary N) is 2. The van der Waals surface area contributed by atoms with E-state index >= 15 is 0 Å². The van der Waals surface area contributed by atoms with Gasteiger partial charge in [-0.3, -0.25) is 0 Å². The van der Waals surface area contributed by atoms with Gasteiger partial charge in [0.05, 0.1) is 0 Å². The van der Waals surface area contributed by atoms with Crippen LogP contribution in [0.15, 0.2) is 23.5 Å². The molecule has 0 aromatic carbocycles. The summed E-state index contributed by atoms with van der Waals surface area (Å²) in [6.45, 7) is 2.61. The Kier molecular flexibility index (Phi) is 5.30. The maximum atomic E-state index is 12.6. The van der Waals surface area contributed by atoms with Crippen molar-refractivity contribution < 1.29 is 13.2 Å². The average molecular weight is 288 g/mol. The van der Waals surface area contributed by atoms with Crippen LogP contribution < -0.4 is 16.4 Å². The smallest absolute Gasteiger partial charge is 0.391 e. The molecule has 0 amide bonds. The molecule has 0 aliphatic heterocycles. The van der Waals surface area contributed by atoms with Crippen molar-refractivity contribution in [2.75, 3.05) is 18.9 Å². The lowest BCUT2D eigenvalue weighted by Gasteiger charge is -2.10. The minimum Gasteiger partial charge on any atom is -0.391 e. The molecule has 0 aliphatic rings. The Balaban J connectivity index is 3.02. The van der Waals surface area contributed by atoms with Crippen LogP contribution in [0.4, 0.5) is 24.9 Å². The fourth-order valence-electron chi connectivity index (χ4n) is 1.24. The van der Waals surface area contributed by atoms with E-state index in [2.05, 4.69) is 25.6 Å². The zero-order chi connectivity index (χ0) is 15.2. The highest BCUT2D eigenvalue weighted by Gasteiger charge is 2.34. The molecular formula is C11H15F3N6. The summed E-state index contributed by atoms with van der Waals surface area (Å²) in [6.07, 6.45) is -0.832. The Bertz CT molecular complexity index is 509. The Hall–Kier alpha value is -2.32. The highest BCUT2D eigenvalue weighted by molar-refractivity contribution is 5.92. The fraction of sp³-hybridized carbons (Fsp3) is 0.364. The molecule has 9 heteroatoms. The number of anilines is 1. The molecule has 0 saturated carbocycles. The minimum absolute atomic E-state index is 0.0766. The van der Waals surface area contributed by atoms with Gasteiger partial charge in [-0.25, -0.2) is 4.98 Å². The molecule has 4 N–H and O–H groups in total. The second kappa shape index (κ2) is 6.73. The lowest BCUT2D eigenvalue weighted by atomic mass is 10.3. The first-order chi connectivity index (χ1) is 9.38. The van der Waals surface area contributed by atoms with Crippen molar-refractivity contribution in [3.05, 3.63) is 24.0 Å². The molecule has 1 heterocycles. The van der Waals surface area contributed by atoms with Crippen LogP contribution in [-0.4, -0.2) is 29.4 Å². The number of amidine groups is 1. The molecule has 0 radical (unpaired) electrons. The number of rotatable bonds is 5. The second-order valence-corrected chi connectivity index (χ2v) is 3.61. The Morgan fingerprint density at radius 1 is 1.50 bits per heavy atom. The average Bonchev–Trinajstić information content (AvgIpc) is 2.37. The lowest BCUT2D eigenvalue weighted by molar-refractivity contribution is -0.137. The van der Waals surface area contributed by atoms with Crippen LogP contribution in [0.2, 0.25) is 0 Å². The third kappa shape index (κ3) is 4.41. The molecule has 1 rings (SSSR count). The van der Waals surface area contributed by atoms with Crippen molar-refractivity contribution in [3.63, 3.8) is 0 Å². The monoisotopic (exact) mass is 288 g/mol. The van der Waals surface area contributed by atoms with E-state index in [1.165, 1.54) is 13.1 Å². The summed E-state index contributed by atoms with van der Waals surface area (Å²) >= 11 is 0. The van der Waals surface area contributed by atoms with E-state index < -0.39 is 11.7 Å². The van der Waals surface area contributed by atoms with E-state index in [0.717, 1.165) is 0 Å². The number of hydrogen-bond donors (Lipinski definition) is 3. The lowest BCUT2D eigenvalue weighted by Crippen LogP contribution is -2.13. The molecule has 6 nitrogen and oxygen atoms in total. The molecule has 0 bridgehead atoms. The largest absolute Gasteiger partial charge is 0.421 e. The summed E-state index contributed by atoms with van der Waals surface area (Å²) in [5.41, 5.74) is 4.60. The SMILES string of the molecule is CCN/C=C\C(N)=Nc1ncc(C(F)(F)F)c(NC)n1. The van der Waals surface area contributed by atoms with Gasteiger partial charge in [0, 0.05) is 26.0 Å². The predicted octanol–water partition coefficient (Wildman–Crippen LogP) is 1.65. The molecule has 1 aromatic heterocycles. The zero-order valence-electron chi connectivity index (χ0n) is 11.0. The normalized spacial score (nSPS) is 12.8. The van der Waals surface area contributed by atoms with Crippen molar-refractivity contribution in [2.45, 2.75) is 13.1 Å². The maximum absolute atomic E-state index is 12.6. The molecule has 0 atom stereocenters. The molecule has 110 valence electrons. The first-order valence-corrected chi connectivity index (χ1v) is 5.74. The molecule has 0 fully saturated rings. The molecule has 20 heavy (non-hydrogen) atoms. The summed E-state index contributed by atoms with van der Waals surface area (Å²) in [4.78, 5) is 11.0. The van der Waals surface area contributed by atoms with Gasteiger partial charge in [-0.2, -0.15) is 23.1 Å². The van der Waals surface area contributed by atoms with Gasteiger partial charge in [0.25, 0.3) is 5.95 Å². The highest BCUT2D eigenvalue weighted by atomic mass is 19.4. The van der Waals surface area contributed by atoms with Crippen LogP contribution in [0.25, 0.3) is 0 Å². The summed E-state index contributed by atoms with van der Waals surface area (Å²) < 4.78 is 37.9. The standard InChI is InChI=1S/C11H15F3N6/c1-3-17-5-4-8(15)19-10-18-6-7(11(12,13)14)9(16-2)20-10/h4-6,17H,3H2,1-2H3,(H3,15,16,18,19,20)/b5-4-. The summed E-state index contributed by atoms with van der Waals surface area (Å²) in [7, 11) is 1.33. The van der Waals surface area contributed by atoms with E-state index in [1.807, 2.05) is 6.92 Å². The summed E-state index contributed by atoms with van der Waals surface area (Å²) in [5.74, 6) is -0.427. The predicted molar refractivity (Wildman–Crippen MR) is 70.7 cm³/mol. The number of halogens is 3. The molecule has 1 aromatic rings. The van der Waals surface area contributed by atoms with Crippen LogP contribution in [0, 0.1) is 0 Å². The second-order valence-electron chi connectivity index (χ2n) is 3.61. The van der Waals surface area contributed by atoms with Crippen molar-refractivity contribution >= 4 is 17.6 Å². The number of nitrogens with zero attached hydrogens (tertiary/aromatic N) is 3. The topological polar surface area (TPSA) is 88.2 Å². The first-order valence-electron chi connectivity index (χ1n) is 5.74. The zero-order valence-corrected chi connectivity index (χ0v) is 11.0. The first kappa shape index (κ1) is 15.7. The van der Waals surface area contributed by atoms with Crippen LogP contribution in [0.3, 0.4) is 0 Å². The highest BCUT2D eigenvalue weighted by Crippen LogP contribution is 2.33. The Labute approximate surface area is 114 Å². The molecule has 0 saturated heterocycles. The minimum atomic E-state index is -4.53. The van der Waals surface area contributed by atoms with Gasteiger partial charge in [0.15, 0.2) is 0 Å². The number of hydrogen-bond acceptors (Lipinski definition) is 5. The Morgan fingerprint density at radius 2 is 2.20 bits per heavy atom.